The zero-order valence-corrected chi connectivity index (χ0v) is 24.0. The van der Waals surface area contributed by atoms with Crippen LogP contribution < -0.4 is 19.7 Å². The molecule has 4 amide bonds. The Hall–Kier alpha value is -4.88. The number of urea groups is 1. The van der Waals surface area contributed by atoms with Gasteiger partial charge in [0, 0.05) is 10.6 Å². The standard InChI is InChI=1S/C34H29ClN2O5/c1-4-9-24-16-22(17-28-32(38)36-34(40)37(33(28)39)26-15-14-21(3)29(35)19-26)18-30(41-5-2)31(24)42-20-25-12-8-11-23-10-6-7-13-27(23)25/h4,6-8,10-19H,1,5,9,20H2,2-3H3,(H,36,38,40)/b28-17-. The van der Waals surface area contributed by atoms with Crippen LogP contribution in [-0.4, -0.2) is 24.5 Å². The summed E-state index contributed by atoms with van der Waals surface area (Å²) in [6.45, 7) is 8.23. The number of anilines is 1. The number of nitrogens with one attached hydrogen (secondary N) is 1. The quantitative estimate of drug-likeness (QED) is 0.129. The lowest BCUT2D eigenvalue weighted by Gasteiger charge is -2.26. The molecule has 0 aromatic heterocycles. The Kier molecular flexibility index (Phi) is 8.41. The van der Waals surface area contributed by atoms with Crippen LogP contribution in [0.5, 0.6) is 11.5 Å². The molecular formula is C34H29ClN2O5. The summed E-state index contributed by atoms with van der Waals surface area (Å²) >= 11 is 6.24. The van der Waals surface area contributed by atoms with E-state index in [1.807, 2.05) is 44.2 Å². The second-order valence-corrected chi connectivity index (χ2v) is 10.2. The number of aryl methyl sites for hydroxylation is 1. The van der Waals surface area contributed by atoms with Crippen LogP contribution in [-0.2, 0) is 22.6 Å². The Balaban J connectivity index is 1.52. The molecule has 8 heteroatoms. The molecule has 42 heavy (non-hydrogen) atoms. The number of barbiturate groups is 1. The first-order valence-electron chi connectivity index (χ1n) is 13.5. The molecule has 0 spiro atoms. The Morgan fingerprint density at radius 3 is 2.50 bits per heavy atom. The Morgan fingerprint density at radius 2 is 1.74 bits per heavy atom. The van der Waals surface area contributed by atoms with Gasteiger partial charge in [-0.15, -0.1) is 6.58 Å². The number of benzene rings is 4. The summed E-state index contributed by atoms with van der Waals surface area (Å²) in [5.41, 5.74) is 3.16. The number of halogens is 1. The first kappa shape index (κ1) is 28.6. The maximum atomic E-state index is 13.5. The van der Waals surface area contributed by atoms with Crippen molar-refractivity contribution in [2.24, 2.45) is 0 Å². The van der Waals surface area contributed by atoms with Crippen molar-refractivity contribution >= 4 is 52.0 Å². The molecule has 4 aromatic carbocycles. The van der Waals surface area contributed by atoms with E-state index in [1.165, 1.54) is 12.1 Å². The monoisotopic (exact) mass is 580 g/mol. The number of allylic oxidation sites excluding steroid dienone is 1. The van der Waals surface area contributed by atoms with E-state index >= 15 is 0 Å². The van der Waals surface area contributed by atoms with Gasteiger partial charge >= 0.3 is 6.03 Å². The lowest BCUT2D eigenvalue weighted by atomic mass is 10.0. The van der Waals surface area contributed by atoms with E-state index in [2.05, 4.69) is 30.1 Å². The molecular weight excluding hydrogens is 552 g/mol. The van der Waals surface area contributed by atoms with Gasteiger partial charge in [-0.1, -0.05) is 66.2 Å². The topological polar surface area (TPSA) is 84.9 Å². The molecule has 0 aliphatic carbocycles. The first-order valence-corrected chi connectivity index (χ1v) is 13.9. The van der Waals surface area contributed by atoms with E-state index in [0.717, 1.165) is 32.4 Å². The van der Waals surface area contributed by atoms with Gasteiger partial charge in [0.05, 0.1) is 12.3 Å². The summed E-state index contributed by atoms with van der Waals surface area (Å²) in [6.07, 6.45) is 3.64. The minimum absolute atomic E-state index is 0.206. The maximum Gasteiger partial charge on any atom is 0.335 e. The Morgan fingerprint density at radius 1 is 0.952 bits per heavy atom. The number of rotatable bonds is 9. The largest absolute Gasteiger partial charge is 0.490 e. The molecule has 0 unspecified atom stereocenters. The third-order valence-electron chi connectivity index (χ3n) is 6.90. The summed E-state index contributed by atoms with van der Waals surface area (Å²) in [4.78, 5) is 39.8. The highest BCUT2D eigenvalue weighted by Gasteiger charge is 2.37. The molecule has 0 saturated carbocycles. The third-order valence-corrected chi connectivity index (χ3v) is 7.30. The number of imide groups is 2. The van der Waals surface area contributed by atoms with Crippen LogP contribution in [0.15, 0.2) is 91.0 Å². The summed E-state index contributed by atoms with van der Waals surface area (Å²) in [6, 6.07) is 21.7. The molecule has 0 atom stereocenters. The molecule has 1 fully saturated rings. The molecule has 1 N–H and O–H groups in total. The molecule has 7 nitrogen and oxygen atoms in total. The zero-order valence-electron chi connectivity index (χ0n) is 23.3. The molecule has 1 heterocycles. The van der Waals surface area contributed by atoms with Crippen molar-refractivity contribution in [3.8, 4) is 11.5 Å². The second kappa shape index (κ2) is 12.3. The van der Waals surface area contributed by atoms with E-state index < -0.39 is 17.8 Å². The average Bonchev–Trinajstić information content (AvgIpc) is 2.97. The van der Waals surface area contributed by atoms with Crippen molar-refractivity contribution in [3.05, 3.63) is 118 Å². The van der Waals surface area contributed by atoms with E-state index in [4.69, 9.17) is 21.1 Å². The minimum atomic E-state index is -0.846. The fourth-order valence-electron chi connectivity index (χ4n) is 4.85. The number of carbonyl (C=O) groups excluding carboxylic acids is 3. The van der Waals surface area contributed by atoms with Gasteiger partial charge in [-0.25, -0.2) is 9.69 Å². The summed E-state index contributed by atoms with van der Waals surface area (Å²) in [5.74, 6) is -0.537. The van der Waals surface area contributed by atoms with Gasteiger partial charge in [-0.3, -0.25) is 14.9 Å². The van der Waals surface area contributed by atoms with Crippen molar-refractivity contribution in [2.75, 3.05) is 11.5 Å². The fraction of sp³-hybridized carbons (Fsp3) is 0.147. The Bertz CT molecular complexity index is 1760. The number of hydrogen-bond donors (Lipinski definition) is 1. The molecule has 1 aliphatic rings. The van der Waals surface area contributed by atoms with Crippen LogP contribution in [0.4, 0.5) is 10.5 Å². The van der Waals surface area contributed by atoms with E-state index in [-0.39, 0.29) is 11.3 Å². The van der Waals surface area contributed by atoms with Crippen LogP contribution in [0.1, 0.15) is 29.2 Å². The van der Waals surface area contributed by atoms with Gasteiger partial charge in [-0.2, -0.15) is 0 Å². The number of amides is 4. The second-order valence-electron chi connectivity index (χ2n) is 9.75. The van der Waals surface area contributed by atoms with Crippen molar-refractivity contribution in [2.45, 2.75) is 26.9 Å². The predicted octanol–water partition coefficient (Wildman–Crippen LogP) is 7.17. The zero-order chi connectivity index (χ0) is 29.8. The number of hydrogen-bond acceptors (Lipinski definition) is 5. The number of fused-ring (bicyclic) bond motifs is 1. The van der Waals surface area contributed by atoms with E-state index in [1.54, 1.807) is 24.3 Å². The van der Waals surface area contributed by atoms with Gasteiger partial charge in [0.2, 0.25) is 0 Å². The molecule has 0 radical (unpaired) electrons. The summed E-state index contributed by atoms with van der Waals surface area (Å²) in [5, 5.41) is 4.86. The van der Waals surface area contributed by atoms with Gasteiger partial charge < -0.3 is 9.47 Å². The van der Waals surface area contributed by atoms with Gasteiger partial charge in [0.15, 0.2) is 11.5 Å². The van der Waals surface area contributed by atoms with Crippen LogP contribution in [0, 0.1) is 6.92 Å². The average molecular weight is 581 g/mol. The van der Waals surface area contributed by atoms with Gasteiger partial charge in [0.1, 0.15) is 12.2 Å². The number of carbonyl (C=O) groups is 3. The normalized spacial score (nSPS) is 14.3. The SMILES string of the molecule is C=CCc1cc(/C=C2/C(=O)NC(=O)N(c3ccc(C)c(Cl)c3)C2=O)cc(OCC)c1OCc1cccc2ccccc12. The van der Waals surface area contributed by atoms with Gasteiger partial charge in [-0.05, 0) is 78.1 Å². The van der Waals surface area contributed by atoms with Crippen LogP contribution >= 0.6 is 11.6 Å². The Labute approximate surface area is 249 Å². The maximum absolute atomic E-state index is 13.5. The summed E-state index contributed by atoms with van der Waals surface area (Å²) in [7, 11) is 0. The van der Waals surface area contributed by atoms with Gasteiger partial charge in [0.25, 0.3) is 11.8 Å². The lowest BCUT2D eigenvalue weighted by Crippen LogP contribution is -2.54. The highest BCUT2D eigenvalue weighted by Crippen LogP contribution is 2.36. The first-order chi connectivity index (χ1) is 20.3. The summed E-state index contributed by atoms with van der Waals surface area (Å²) < 4.78 is 12.3. The highest BCUT2D eigenvalue weighted by atomic mass is 35.5. The molecule has 5 rings (SSSR count). The molecule has 1 saturated heterocycles. The number of ether oxygens (including phenoxy) is 2. The molecule has 1 aliphatic heterocycles. The fourth-order valence-corrected chi connectivity index (χ4v) is 5.02. The number of nitrogens with zero attached hydrogens (tertiary/aromatic N) is 1. The van der Waals surface area contributed by atoms with Crippen LogP contribution in [0.3, 0.4) is 0 Å². The molecule has 212 valence electrons. The minimum Gasteiger partial charge on any atom is -0.490 e. The highest BCUT2D eigenvalue weighted by molar-refractivity contribution is 6.39. The van der Waals surface area contributed by atoms with Crippen molar-refractivity contribution in [3.63, 3.8) is 0 Å². The van der Waals surface area contributed by atoms with Crippen LogP contribution in [0.25, 0.3) is 16.8 Å². The molecule has 0 bridgehead atoms. The van der Waals surface area contributed by atoms with Crippen molar-refractivity contribution in [1.82, 2.24) is 5.32 Å². The van der Waals surface area contributed by atoms with Crippen LogP contribution in [0.2, 0.25) is 5.02 Å². The predicted molar refractivity (Wildman–Crippen MR) is 165 cm³/mol. The van der Waals surface area contributed by atoms with Crippen molar-refractivity contribution < 1.29 is 23.9 Å². The van der Waals surface area contributed by atoms with E-state index in [9.17, 15) is 14.4 Å². The van der Waals surface area contributed by atoms with Crippen molar-refractivity contribution in [1.29, 1.82) is 0 Å². The smallest absolute Gasteiger partial charge is 0.335 e. The third kappa shape index (κ3) is 5.78. The molecule has 4 aromatic rings. The van der Waals surface area contributed by atoms with E-state index in [0.29, 0.717) is 41.7 Å². The lowest BCUT2D eigenvalue weighted by molar-refractivity contribution is -0.122.